The van der Waals surface area contributed by atoms with Crippen molar-refractivity contribution < 1.29 is 0 Å². The summed E-state index contributed by atoms with van der Waals surface area (Å²) >= 11 is 5.40. The Morgan fingerprint density at radius 2 is 2.08 bits per heavy atom. The normalized spacial score (nSPS) is 30.5. The maximum Gasteiger partial charge on any atom is 0.0314 e. The molecule has 0 amide bonds. The molecule has 1 saturated carbocycles. The van der Waals surface area contributed by atoms with Gasteiger partial charge in [-0.3, -0.25) is 0 Å². The average Bonchev–Trinajstić information content (AvgIpc) is 2.34. The van der Waals surface area contributed by atoms with E-state index in [-0.39, 0.29) is 0 Å². The number of nitrogens with two attached hydrogens (primary N) is 1. The maximum atomic E-state index is 6.03. The van der Waals surface area contributed by atoms with Crippen molar-refractivity contribution in [2.45, 2.75) is 32.7 Å². The second kappa shape index (κ2) is 2.81. The highest BCUT2D eigenvalue weighted by Crippen LogP contribution is 2.59. The summed E-state index contributed by atoms with van der Waals surface area (Å²) in [6, 6.07) is 2.57. The standard InChI is InChI=1S/C10H14BrNS/c1-5-6(11)4-7(13-5)8-9(12)10(8,2)3/h4,8-9H,12H2,1-3H3. The van der Waals surface area contributed by atoms with Crippen molar-refractivity contribution in [2.24, 2.45) is 11.1 Å². The molecule has 2 unspecified atom stereocenters. The summed E-state index contributed by atoms with van der Waals surface area (Å²) in [6.07, 6.45) is 0. The Hall–Kier alpha value is 0.140. The van der Waals surface area contributed by atoms with Crippen LogP contribution in [0.15, 0.2) is 10.5 Å². The summed E-state index contributed by atoms with van der Waals surface area (Å²) in [4.78, 5) is 2.78. The van der Waals surface area contributed by atoms with Crippen molar-refractivity contribution in [2.75, 3.05) is 0 Å². The molecular formula is C10H14BrNS. The molecule has 3 heteroatoms. The molecule has 1 aliphatic carbocycles. The lowest BCUT2D eigenvalue weighted by molar-refractivity contribution is 0.601. The van der Waals surface area contributed by atoms with E-state index in [1.807, 2.05) is 11.3 Å². The van der Waals surface area contributed by atoms with E-state index in [1.54, 1.807) is 0 Å². The highest BCUT2D eigenvalue weighted by molar-refractivity contribution is 9.10. The van der Waals surface area contributed by atoms with Crippen LogP contribution in [0.4, 0.5) is 0 Å². The van der Waals surface area contributed by atoms with Gasteiger partial charge in [-0.15, -0.1) is 11.3 Å². The van der Waals surface area contributed by atoms with Crippen LogP contribution in [0, 0.1) is 12.3 Å². The van der Waals surface area contributed by atoms with Gasteiger partial charge in [0.05, 0.1) is 0 Å². The van der Waals surface area contributed by atoms with Crippen molar-refractivity contribution >= 4 is 27.3 Å². The fourth-order valence-electron chi connectivity index (χ4n) is 1.86. The first-order chi connectivity index (χ1) is 5.94. The number of thiophene rings is 1. The molecule has 13 heavy (non-hydrogen) atoms. The molecule has 2 N–H and O–H groups in total. The van der Waals surface area contributed by atoms with Crippen LogP contribution in [0.2, 0.25) is 0 Å². The van der Waals surface area contributed by atoms with Crippen LogP contribution in [-0.4, -0.2) is 6.04 Å². The van der Waals surface area contributed by atoms with Gasteiger partial charge in [-0.2, -0.15) is 0 Å². The van der Waals surface area contributed by atoms with Crippen molar-refractivity contribution in [1.29, 1.82) is 0 Å². The van der Waals surface area contributed by atoms with Crippen molar-refractivity contribution in [3.05, 3.63) is 20.3 Å². The molecule has 0 aromatic carbocycles. The quantitative estimate of drug-likeness (QED) is 0.824. The largest absolute Gasteiger partial charge is 0.327 e. The highest BCUT2D eigenvalue weighted by Gasteiger charge is 2.56. The topological polar surface area (TPSA) is 26.0 Å². The molecule has 0 saturated heterocycles. The third kappa shape index (κ3) is 1.37. The van der Waals surface area contributed by atoms with E-state index in [2.05, 4.69) is 42.8 Å². The monoisotopic (exact) mass is 259 g/mol. The summed E-state index contributed by atoms with van der Waals surface area (Å²) in [5.74, 6) is 0.572. The maximum absolute atomic E-state index is 6.03. The number of rotatable bonds is 1. The van der Waals surface area contributed by atoms with E-state index >= 15 is 0 Å². The van der Waals surface area contributed by atoms with Crippen LogP contribution in [0.5, 0.6) is 0 Å². The molecule has 0 spiro atoms. The minimum atomic E-state index is 0.302. The Bertz CT molecular complexity index is 323. The van der Waals surface area contributed by atoms with Gasteiger partial charge in [0.1, 0.15) is 0 Å². The van der Waals surface area contributed by atoms with Gasteiger partial charge in [-0.25, -0.2) is 0 Å². The average molecular weight is 260 g/mol. The Labute approximate surface area is 91.5 Å². The summed E-state index contributed by atoms with van der Waals surface area (Å²) in [7, 11) is 0. The van der Waals surface area contributed by atoms with Gasteiger partial charge in [-0.05, 0) is 34.3 Å². The zero-order chi connectivity index (χ0) is 9.80. The van der Waals surface area contributed by atoms with Gasteiger partial charge < -0.3 is 5.73 Å². The van der Waals surface area contributed by atoms with Crippen molar-refractivity contribution in [1.82, 2.24) is 0 Å². The van der Waals surface area contributed by atoms with Gasteiger partial charge >= 0.3 is 0 Å². The summed E-state index contributed by atoms with van der Waals surface area (Å²) < 4.78 is 1.22. The number of hydrogen-bond donors (Lipinski definition) is 1. The predicted molar refractivity (Wildman–Crippen MR) is 61.3 cm³/mol. The number of hydrogen-bond acceptors (Lipinski definition) is 2. The minimum Gasteiger partial charge on any atom is -0.327 e. The third-order valence-corrected chi connectivity index (χ3v) is 5.31. The molecule has 0 bridgehead atoms. The van der Waals surface area contributed by atoms with E-state index in [0.717, 1.165) is 0 Å². The zero-order valence-electron chi connectivity index (χ0n) is 8.10. The molecule has 1 nitrogen and oxygen atoms in total. The SMILES string of the molecule is Cc1sc(C2C(N)C2(C)C)cc1Br. The van der Waals surface area contributed by atoms with E-state index in [1.165, 1.54) is 14.2 Å². The lowest BCUT2D eigenvalue weighted by Gasteiger charge is -1.97. The van der Waals surface area contributed by atoms with E-state index in [0.29, 0.717) is 17.4 Å². The first-order valence-corrected chi connectivity index (χ1v) is 6.07. The molecule has 2 rings (SSSR count). The lowest BCUT2D eigenvalue weighted by Crippen LogP contribution is -2.06. The second-order valence-corrected chi connectivity index (χ2v) is 6.52. The third-order valence-electron chi connectivity index (χ3n) is 3.09. The van der Waals surface area contributed by atoms with Gasteiger partial charge in [0.25, 0.3) is 0 Å². The Morgan fingerprint density at radius 3 is 2.38 bits per heavy atom. The van der Waals surface area contributed by atoms with Crippen molar-refractivity contribution in [3.63, 3.8) is 0 Å². The number of halogens is 1. The van der Waals surface area contributed by atoms with Crippen LogP contribution in [0.1, 0.15) is 29.5 Å². The van der Waals surface area contributed by atoms with Gasteiger partial charge in [0, 0.05) is 26.2 Å². The van der Waals surface area contributed by atoms with Gasteiger partial charge in [-0.1, -0.05) is 13.8 Å². The first kappa shape index (κ1) is 9.69. The fraction of sp³-hybridized carbons (Fsp3) is 0.600. The van der Waals surface area contributed by atoms with Crippen LogP contribution in [0.3, 0.4) is 0 Å². The summed E-state index contributed by atoms with van der Waals surface area (Å²) in [5.41, 5.74) is 6.33. The van der Waals surface area contributed by atoms with E-state index < -0.39 is 0 Å². The Morgan fingerprint density at radius 1 is 1.54 bits per heavy atom. The predicted octanol–water partition coefficient (Wildman–Crippen LogP) is 3.27. The second-order valence-electron chi connectivity index (χ2n) is 4.38. The molecule has 2 atom stereocenters. The van der Waals surface area contributed by atoms with Crippen LogP contribution >= 0.6 is 27.3 Å². The Kier molecular flexibility index (Phi) is 2.10. The molecule has 1 aromatic rings. The zero-order valence-corrected chi connectivity index (χ0v) is 10.5. The van der Waals surface area contributed by atoms with Gasteiger partial charge in [0.15, 0.2) is 0 Å². The molecule has 72 valence electrons. The molecule has 1 aromatic heterocycles. The van der Waals surface area contributed by atoms with E-state index in [4.69, 9.17) is 5.73 Å². The first-order valence-electron chi connectivity index (χ1n) is 4.46. The van der Waals surface area contributed by atoms with Crippen LogP contribution in [0.25, 0.3) is 0 Å². The van der Waals surface area contributed by atoms with Crippen molar-refractivity contribution in [3.8, 4) is 0 Å². The number of aryl methyl sites for hydroxylation is 1. The molecule has 0 aliphatic heterocycles. The molecule has 1 fully saturated rings. The molecule has 0 radical (unpaired) electrons. The molecular weight excluding hydrogens is 246 g/mol. The summed E-state index contributed by atoms with van der Waals surface area (Å²) in [6.45, 7) is 6.62. The highest BCUT2D eigenvalue weighted by atomic mass is 79.9. The lowest BCUT2D eigenvalue weighted by atomic mass is 10.1. The molecule has 1 aliphatic rings. The smallest absolute Gasteiger partial charge is 0.0314 e. The van der Waals surface area contributed by atoms with Crippen LogP contribution in [-0.2, 0) is 0 Å². The van der Waals surface area contributed by atoms with E-state index in [9.17, 15) is 0 Å². The summed E-state index contributed by atoms with van der Waals surface area (Å²) in [5, 5.41) is 0. The Balaban J connectivity index is 2.29. The van der Waals surface area contributed by atoms with Gasteiger partial charge in [0.2, 0.25) is 0 Å². The fourth-order valence-corrected chi connectivity index (χ4v) is 3.76. The minimum absolute atomic E-state index is 0.302. The molecule has 1 heterocycles. The van der Waals surface area contributed by atoms with Crippen LogP contribution < -0.4 is 5.73 Å².